The fraction of sp³-hybridized carbons (Fsp3) is 0.462. The van der Waals surface area contributed by atoms with Gasteiger partial charge < -0.3 is 15.2 Å². The zero-order valence-electron chi connectivity index (χ0n) is 12.0. The molecule has 21 heavy (non-hydrogen) atoms. The lowest BCUT2D eigenvalue weighted by Gasteiger charge is -2.08. The molecule has 8 heteroatoms. The lowest BCUT2D eigenvalue weighted by atomic mass is 10.1. The molecule has 2 rings (SSSR count). The topological polar surface area (TPSA) is 88.1 Å². The van der Waals surface area contributed by atoms with E-state index in [1.54, 1.807) is 24.8 Å². The summed E-state index contributed by atoms with van der Waals surface area (Å²) >= 11 is 0. The fourth-order valence-corrected chi connectivity index (χ4v) is 1.79. The second-order valence-corrected chi connectivity index (χ2v) is 4.50. The van der Waals surface area contributed by atoms with Crippen molar-refractivity contribution in [3.8, 4) is 11.4 Å². The molecule has 0 aliphatic heterocycles. The average molecular weight is 295 g/mol. The van der Waals surface area contributed by atoms with Gasteiger partial charge in [-0.1, -0.05) is 0 Å². The molecule has 0 spiro atoms. The number of nitrogen functional groups attached to an aromatic ring is 1. The molecule has 0 unspecified atom stereocenters. The Morgan fingerprint density at radius 3 is 2.81 bits per heavy atom. The van der Waals surface area contributed by atoms with Crippen molar-refractivity contribution < 1.29 is 13.9 Å². The maximum atomic E-state index is 13.8. The van der Waals surface area contributed by atoms with Gasteiger partial charge in [-0.25, -0.2) is 9.07 Å². The van der Waals surface area contributed by atoms with E-state index in [2.05, 4.69) is 15.5 Å². The summed E-state index contributed by atoms with van der Waals surface area (Å²) in [6.07, 6.45) is 0. The largest absolute Gasteiger partial charge is 0.398 e. The van der Waals surface area contributed by atoms with Crippen LogP contribution in [-0.2, 0) is 16.0 Å². The number of hydrogen-bond acceptors (Lipinski definition) is 6. The van der Waals surface area contributed by atoms with Crippen molar-refractivity contribution >= 4 is 5.69 Å². The van der Waals surface area contributed by atoms with Crippen molar-refractivity contribution in [2.75, 3.05) is 32.7 Å². The zero-order chi connectivity index (χ0) is 15.2. The molecule has 0 atom stereocenters. The van der Waals surface area contributed by atoms with E-state index in [-0.39, 0.29) is 5.82 Å². The van der Waals surface area contributed by atoms with Crippen LogP contribution in [0.1, 0.15) is 5.56 Å². The second kappa shape index (κ2) is 7.09. The van der Waals surface area contributed by atoms with Gasteiger partial charge in [-0.3, -0.25) is 0 Å². The molecule has 1 heterocycles. The maximum absolute atomic E-state index is 13.8. The van der Waals surface area contributed by atoms with Gasteiger partial charge in [0, 0.05) is 23.9 Å². The Kier molecular flexibility index (Phi) is 5.18. The number of benzene rings is 1. The number of tetrazole rings is 1. The Morgan fingerprint density at radius 2 is 2.10 bits per heavy atom. The summed E-state index contributed by atoms with van der Waals surface area (Å²) in [5.41, 5.74) is 7.10. The van der Waals surface area contributed by atoms with Gasteiger partial charge in [0.2, 0.25) is 0 Å². The molecule has 1 aromatic heterocycles. The predicted molar refractivity (Wildman–Crippen MR) is 75.1 cm³/mol. The lowest BCUT2D eigenvalue weighted by Crippen LogP contribution is -2.11. The van der Waals surface area contributed by atoms with Crippen molar-refractivity contribution in [3.05, 3.63) is 23.5 Å². The number of nitrogens with two attached hydrogens (primary N) is 1. The predicted octanol–water partition coefficient (Wildman–Crippen LogP) is 1.03. The van der Waals surface area contributed by atoms with Crippen LogP contribution in [-0.4, -0.2) is 47.1 Å². The highest BCUT2D eigenvalue weighted by atomic mass is 19.1. The van der Waals surface area contributed by atoms with Crippen molar-refractivity contribution in [1.29, 1.82) is 0 Å². The van der Waals surface area contributed by atoms with Gasteiger partial charge >= 0.3 is 0 Å². The highest BCUT2D eigenvalue weighted by Crippen LogP contribution is 2.24. The van der Waals surface area contributed by atoms with Crippen molar-refractivity contribution in [2.45, 2.75) is 13.5 Å². The van der Waals surface area contributed by atoms with E-state index in [9.17, 15) is 4.39 Å². The average Bonchev–Trinajstić information content (AvgIpc) is 2.92. The van der Waals surface area contributed by atoms with Crippen molar-refractivity contribution in [3.63, 3.8) is 0 Å². The Labute approximate surface area is 121 Å². The number of nitrogens with zero attached hydrogens (tertiary/aromatic N) is 4. The van der Waals surface area contributed by atoms with E-state index in [1.807, 2.05) is 0 Å². The minimum Gasteiger partial charge on any atom is -0.398 e. The molecule has 0 saturated carbocycles. The molecular formula is C13H18FN5O2. The standard InChI is InChI=1S/C13H18FN5O2/c1-9-11(14)7-10(8-12(9)15)13-16-17-18-19(13)3-4-21-6-5-20-2/h7-8H,3-6,15H2,1-2H3. The van der Waals surface area contributed by atoms with Gasteiger partial charge in [-0.05, 0) is 29.5 Å². The molecule has 0 amide bonds. The Hall–Kier alpha value is -2.06. The van der Waals surface area contributed by atoms with E-state index in [0.29, 0.717) is 49.0 Å². The summed E-state index contributed by atoms with van der Waals surface area (Å²) in [6.45, 7) is 3.55. The third kappa shape index (κ3) is 3.73. The number of rotatable bonds is 7. The summed E-state index contributed by atoms with van der Waals surface area (Å²) in [5.74, 6) is 0.0758. The maximum Gasteiger partial charge on any atom is 0.182 e. The molecule has 114 valence electrons. The SMILES string of the molecule is COCCOCCn1nnnc1-c1cc(N)c(C)c(F)c1. The smallest absolute Gasteiger partial charge is 0.182 e. The first-order valence-corrected chi connectivity index (χ1v) is 6.52. The Balaban J connectivity index is 2.09. The molecule has 0 aliphatic rings. The van der Waals surface area contributed by atoms with Crippen LogP contribution in [0.4, 0.5) is 10.1 Å². The Bertz CT molecular complexity index is 579. The molecule has 0 fully saturated rings. The van der Waals surface area contributed by atoms with E-state index in [0.717, 1.165) is 0 Å². The van der Waals surface area contributed by atoms with Gasteiger partial charge in [-0.15, -0.1) is 5.10 Å². The zero-order valence-corrected chi connectivity index (χ0v) is 12.0. The molecule has 0 bridgehead atoms. The van der Waals surface area contributed by atoms with Crippen LogP contribution in [0.5, 0.6) is 0 Å². The summed E-state index contributed by atoms with van der Waals surface area (Å²) < 4.78 is 25.6. The third-order valence-electron chi connectivity index (χ3n) is 3.05. The molecule has 7 nitrogen and oxygen atoms in total. The molecule has 2 aromatic rings. The van der Waals surface area contributed by atoms with E-state index in [4.69, 9.17) is 15.2 Å². The van der Waals surface area contributed by atoms with Crippen LogP contribution in [0, 0.1) is 12.7 Å². The van der Waals surface area contributed by atoms with Gasteiger partial charge in [-0.2, -0.15) is 0 Å². The highest BCUT2D eigenvalue weighted by molar-refractivity contribution is 5.63. The molecular weight excluding hydrogens is 277 g/mol. The fourth-order valence-electron chi connectivity index (χ4n) is 1.79. The third-order valence-corrected chi connectivity index (χ3v) is 3.05. The van der Waals surface area contributed by atoms with Gasteiger partial charge in [0.25, 0.3) is 0 Å². The summed E-state index contributed by atoms with van der Waals surface area (Å²) in [4.78, 5) is 0. The summed E-state index contributed by atoms with van der Waals surface area (Å²) in [6, 6.07) is 3.03. The molecule has 0 radical (unpaired) electrons. The first-order chi connectivity index (χ1) is 10.1. The Morgan fingerprint density at radius 1 is 1.29 bits per heavy atom. The van der Waals surface area contributed by atoms with Crippen molar-refractivity contribution in [2.24, 2.45) is 0 Å². The molecule has 2 N–H and O–H groups in total. The number of hydrogen-bond donors (Lipinski definition) is 1. The van der Waals surface area contributed by atoms with Crippen LogP contribution >= 0.6 is 0 Å². The van der Waals surface area contributed by atoms with Gasteiger partial charge in [0.1, 0.15) is 5.82 Å². The minimum atomic E-state index is -0.379. The van der Waals surface area contributed by atoms with Crippen LogP contribution in [0.3, 0.4) is 0 Å². The number of halogens is 1. The van der Waals surface area contributed by atoms with Crippen LogP contribution in [0.2, 0.25) is 0 Å². The quantitative estimate of drug-likeness (QED) is 0.606. The number of methoxy groups -OCH3 is 1. The van der Waals surface area contributed by atoms with Crippen molar-refractivity contribution in [1.82, 2.24) is 20.2 Å². The van der Waals surface area contributed by atoms with Gasteiger partial charge in [0.15, 0.2) is 5.82 Å². The van der Waals surface area contributed by atoms with Crippen LogP contribution in [0.15, 0.2) is 12.1 Å². The summed E-state index contributed by atoms with van der Waals surface area (Å²) in [7, 11) is 1.61. The molecule has 0 saturated heterocycles. The molecule has 0 aliphatic carbocycles. The van der Waals surface area contributed by atoms with E-state index >= 15 is 0 Å². The normalized spacial score (nSPS) is 11.0. The first-order valence-electron chi connectivity index (χ1n) is 6.52. The highest BCUT2D eigenvalue weighted by Gasteiger charge is 2.12. The first kappa shape index (κ1) is 15.3. The molecule has 1 aromatic carbocycles. The van der Waals surface area contributed by atoms with Gasteiger partial charge in [0.05, 0.1) is 26.4 Å². The number of ether oxygens (including phenoxy) is 2. The lowest BCUT2D eigenvalue weighted by molar-refractivity contribution is 0.0654. The number of aromatic nitrogens is 4. The summed E-state index contributed by atoms with van der Waals surface area (Å²) in [5, 5.41) is 11.4. The van der Waals surface area contributed by atoms with Crippen LogP contribution in [0.25, 0.3) is 11.4 Å². The minimum absolute atomic E-state index is 0.371. The van der Waals surface area contributed by atoms with E-state index < -0.39 is 0 Å². The monoisotopic (exact) mass is 295 g/mol. The number of anilines is 1. The van der Waals surface area contributed by atoms with E-state index in [1.165, 1.54) is 6.07 Å². The van der Waals surface area contributed by atoms with Crippen LogP contribution < -0.4 is 5.73 Å². The second-order valence-electron chi connectivity index (χ2n) is 4.50.